The van der Waals surface area contributed by atoms with Crippen molar-refractivity contribution < 1.29 is 14.7 Å². The van der Waals surface area contributed by atoms with Crippen LogP contribution in [0.25, 0.3) is 0 Å². The molecule has 4 nitrogen and oxygen atoms in total. The SMILES string of the molecule is CC(C)(C)c1c(N=C=O)cccc1C(=O)O. The maximum absolute atomic E-state index is 11.1. The van der Waals surface area contributed by atoms with E-state index in [9.17, 15) is 9.59 Å². The van der Waals surface area contributed by atoms with Crippen molar-refractivity contribution in [2.45, 2.75) is 26.2 Å². The van der Waals surface area contributed by atoms with Gasteiger partial charge >= 0.3 is 5.97 Å². The number of aliphatic imine (C=N–C) groups is 1. The fraction of sp³-hybridized carbons (Fsp3) is 0.333. The Hall–Kier alpha value is -1.93. The standard InChI is InChI=1S/C12H13NO3/c1-12(2,3)10-8(11(15)16)5-4-6-9(10)13-7-14/h4-6H,1-3H3,(H,15,16). The molecule has 0 atom stereocenters. The van der Waals surface area contributed by atoms with Crippen LogP contribution in [0.5, 0.6) is 0 Å². The molecule has 0 bridgehead atoms. The summed E-state index contributed by atoms with van der Waals surface area (Å²) in [6.07, 6.45) is 1.44. The zero-order valence-electron chi connectivity index (χ0n) is 9.44. The molecule has 0 radical (unpaired) electrons. The van der Waals surface area contributed by atoms with Crippen LogP contribution in [0, 0.1) is 0 Å². The molecule has 0 unspecified atom stereocenters. The summed E-state index contributed by atoms with van der Waals surface area (Å²) >= 11 is 0. The molecule has 1 rings (SSSR count). The van der Waals surface area contributed by atoms with Crippen LogP contribution in [-0.2, 0) is 10.2 Å². The zero-order valence-corrected chi connectivity index (χ0v) is 9.44. The molecule has 0 saturated carbocycles. The molecule has 0 heterocycles. The van der Waals surface area contributed by atoms with Crippen LogP contribution in [0.3, 0.4) is 0 Å². The molecule has 0 spiro atoms. The van der Waals surface area contributed by atoms with Crippen LogP contribution in [0.2, 0.25) is 0 Å². The Bertz CT molecular complexity index is 445. The summed E-state index contributed by atoms with van der Waals surface area (Å²) in [7, 11) is 0. The lowest BCUT2D eigenvalue weighted by atomic mass is 9.82. The van der Waals surface area contributed by atoms with E-state index < -0.39 is 11.4 Å². The Labute approximate surface area is 93.6 Å². The third-order valence-corrected chi connectivity index (χ3v) is 2.19. The number of carboxylic acid groups (broad SMARTS) is 1. The lowest BCUT2D eigenvalue weighted by Crippen LogP contribution is -2.17. The molecule has 1 aromatic carbocycles. The van der Waals surface area contributed by atoms with Crippen LogP contribution in [0.4, 0.5) is 5.69 Å². The first-order valence-electron chi connectivity index (χ1n) is 4.82. The topological polar surface area (TPSA) is 66.7 Å². The van der Waals surface area contributed by atoms with Gasteiger partial charge in [0.1, 0.15) is 0 Å². The first-order chi connectivity index (χ1) is 7.38. The minimum atomic E-state index is -1.02. The van der Waals surface area contributed by atoms with Gasteiger partial charge in [-0.3, -0.25) is 0 Å². The van der Waals surface area contributed by atoms with E-state index in [0.717, 1.165) is 0 Å². The average Bonchev–Trinajstić information content (AvgIpc) is 2.16. The normalized spacial score (nSPS) is 10.7. The second kappa shape index (κ2) is 4.29. The number of hydrogen-bond donors (Lipinski definition) is 1. The highest BCUT2D eigenvalue weighted by molar-refractivity contribution is 5.91. The van der Waals surface area contributed by atoms with Gasteiger partial charge in [-0.2, -0.15) is 4.99 Å². The lowest BCUT2D eigenvalue weighted by Gasteiger charge is -2.22. The van der Waals surface area contributed by atoms with Gasteiger partial charge in [0.15, 0.2) is 0 Å². The number of carbonyl (C=O) groups is 1. The molecule has 0 aromatic heterocycles. The molecule has 1 N–H and O–H groups in total. The van der Waals surface area contributed by atoms with Crippen LogP contribution in [-0.4, -0.2) is 17.2 Å². The molecule has 0 fully saturated rings. The van der Waals surface area contributed by atoms with E-state index in [0.29, 0.717) is 11.3 Å². The Kier molecular flexibility index (Phi) is 3.25. The highest BCUT2D eigenvalue weighted by Crippen LogP contribution is 2.34. The van der Waals surface area contributed by atoms with Gasteiger partial charge in [0.25, 0.3) is 0 Å². The van der Waals surface area contributed by atoms with E-state index in [4.69, 9.17) is 5.11 Å². The predicted octanol–water partition coefficient (Wildman–Crippen LogP) is 2.65. The van der Waals surface area contributed by atoms with Crippen LogP contribution < -0.4 is 0 Å². The van der Waals surface area contributed by atoms with E-state index in [1.807, 2.05) is 20.8 Å². The molecule has 16 heavy (non-hydrogen) atoms. The smallest absolute Gasteiger partial charge is 0.336 e. The van der Waals surface area contributed by atoms with Gasteiger partial charge in [0.2, 0.25) is 6.08 Å². The molecule has 84 valence electrons. The zero-order chi connectivity index (χ0) is 12.3. The number of benzene rings is 1. The Morgan fingerprint density at radius 3 is 2.44 bits per heavy atom. The molecule has 0 amide bonds. The summed E-state index contributed by atoms with van der Waals surface area (Å²) < 4.78 is 0. The lowest BCUT2D eigenvalue weighted by molar-refractivity contribution is 0.0694. The number of aromatic carboxylic acids is 1. The summed E-state index contributed by atoms with van der Waals surface area (Å²) in [5, 5.41) is 9.08. The number of carboxylic acids is 1. The van der Waals surface area contributed by atoms with E-state index in [2.05, 4.69) is 4.99 Å². The predicted molar refractivity (Wildman–Crippen MR) is 59.9 cm³/mol. The molecule has 1 aromatic rings. The minimum Gasteiger partial charge on any atom is -0.478 e. The highest BCUT2D eigenvalue weighted by atomic mass is 16.4. The van der Waals surface area contributed by atoms with Gasteiger partial charge in [-0.15, -0.1) is 0 Å². The highest BCUT2D eigenvalue weighted by Gasteiger charge is 2.24. The second-order valence-electron chi connectivity index (χ2n) is 4.46. The number of rotatable bonds is 2. The van der Waals surface area contributed by atoms with Gasteiger partial charge in [-0.25, -0.2) is 9.59 Å². The van der Waals surface area contributed by atoms with Crippen molar-refractivity contribution in [3.8, 4) is 0 Å². The first kappa shape index (κ1) is 12.1. The summed E-state index contributed by atoms with van der Waals surface area (Å²) in [5.74, 6) is -1.02. The van der Waals surface area contributed by atoms with Crippen molar-refractivity contribution in [2.75, 3.05) is 0 Å². The molecule has 0 saturated heterocycles. The molecule has 0 aliphatic carbocycles. The summed E-state index contributed by atoms with van der Waals surface area (Å²) in [6, 6.07) is 4.68. The quantitative estimate of drug-likeness (QED) is 0.614. The maximum atomic E-state index is 11.1. The first-order valence-corrected chi connectivity index (χ1v) is 4.82. The van der Waals surface area contributed by atoms with Crippen molar-refractivity contribution in [3.63, 3.8) is 0 Å². The van der Waals surface area contributed by atoms with E-state index in [1.165, 1.54) is 12.1 Å². The van der Waals surface area contributed by atoms with E-state index in [1.54, 1.807) is 12.1 Å². The number of isocyanates is 1. The van der Waals surface area contributed by atoms with Crippen molar-refractivity contribution in [1.82, 2.24) is 0 Å². The van der Waals surface area contributed by atoms with Gasteiger partial charge in [-0.1, -0.05) is 26.8 Å². The molecule has 0 aliphatic heterocycles. The largest absolute Gasteiger partial charge is 0.478 e. The third-order valence-electron chi connectivity index (χ3n) is 2.19. The van der Waals surface area contributed by atoms with Gasteiger partial charge in [-0.05, 0) is 23.1 Å². The Morgan fingerprint density at radius 2 is 2.00 bits per heavy atom. The van der Waals surface area contributed by atoms with Crippen molar-refractivity contribution in [1.29, 1.82) is 0 Å². The molecule has 4 heteroatoms. The van der Waals surface area contributed by atoms with Gasteiger partial charge in [0, 0.05) is 0 Å². The van der Waals surface area contributed by atoms with Crippen molar-refractivity contribution in [3.05, 3.63) is 29.3 Å². The van der Waals surface area contributed by atoms with E-state index >= 15 is 0 Å². The molecule has 0 aliphatic rings. The van der Waals surface area contributed by atoms with Gasteiger partial charge < -0.3 is 5.11 Å². The summed E-state index contributed by atoms with van der Waals surface area (Å²) in [4.78, 5) is 24.9. The van der Waals surface area contributed by atoms with Crippen LogP contribution >= 0.6 is 0 Å². The van der Waals surface area contributed by atoms with Crippen LogP contribution in [0.1, 0.15) is 36.7 Å². The fourth-order valence-corrected chi connectivity index (χ4v) is 1.65. The second-order valence-corrected chi connectivity index (χ2v) is 4.46. The average molecular weight is 219 g/mol. The monoisotopic (exact) mass is 219 g/mol. The summed E-state index contributed by atoms with van der Waals surface area (Å²) in [5.41, 5.74) is 0.683. The maximum Gasteiger partial charge on any atom is 0.336 e. The Morgan fingerprint density at radius 1 is 1.38 bits per heavy atom. The van der Waals surface area contributed by atoms with Gasteiger partial charge in [0.05, 0.1) is 11.3 Å². The Balaban J connectivity index is 3.60. The molecular formula is C12H13NO3. The van der Waals surface area contributed by atoms with Crippen molar-refractivity contribution in [2.24, 2.45) is 4.99 Å². The molecular weight excluding hydrogens is 206 g/mol. The van der Waals surface area contributed by atoms with Crippen molar-refractivity contribution >= 4 is 17.7 Å². The minimum absolute atomic E-state index is 0.170. The number of carbonyl (C=O) groups excluding carboxylic acids is 1. The summed E-state index contributed by atoms with van der Waals surface area (Å²) in [6.45, 7) is 5.62. The fourth-order valence-electron chi connectivity index (χ4n) is 1.65. The number of hydrogen-bond acceptors (Lipinski definition) is 3. The van der Waals surface area contributed by atoms with Crippen LogP contribution in [0.15, 0.2) is 23.2 Å². The van der Waals surface area contributed by atoms with E-state index in [-0.39, 0.29) is 5.56 Å². The third kappa shape index (κ3) is 2.35. The number of nitrogens with zero attached hydrogens (tertiary/aromatic N) is 1.